The molecule has 6 rings (SSSR count). The number of ether oxygens (including phenoxy) is 4. The molecule has 2 saturated heterocycles. The van der Waals surface area contributed by atoms with E-state index in [2.05, 4.69) is 21.9 Å². The molecular weight excluding hydrogens is 524 g/mol. The number of piperazine rings is 2. The average molecular weight is 565 g/mol. The Morgan fingerprint density at radius 2 is 1.00 bits per heavy atom. The summed E-state index contributed by atoms with van der Waals surface area (Å²) in [4.78, 5) is 35.0. The van der Waals surface area contributed by atoms with E-state index in [-0.39, 0.29) is 30.8 Å². The second kappa shape index (κ2) is 11.8. The Hall–Kier alpha value is -3.50. The molecule has 0 saturated carbocycles. The summed E-state index contributed by atoms with van der Waals surface area (Å²) >= 11 is 0. The molecule has 10 heteroatoms. The van der Waals surface area contributed by atoms with Crippen molar-refractivity contribution >= 4 is 11.8 Å². The Labute approximate surface area is 241 Å². The van der Waals surface area contributed by atoms with Gasteiger partial charge in [-0.2, -0.15) is 0 Å². The van der Waals surface area contributed by atoms with Gasteiger partial charge in [-0.1, -0.05) is 26.0 Å². The molecule has 41 heavy (non-hydrogen) atoms. The molecule has 4 aliphatic rings. The quantitative estimate of drug-likeness (QED) is 0.484. The van der Waals surface area contributed by atoms with Crippen molar-refractivity contribution in [1.82, 2.24) is 19.6 Å². The van der Waals surface area contributed by atoms with Crippen molar-refractivity contribution in [1.29, 1.82) is 0 Å². The summed E-state index contributed by atoms with van der Waals surface area (Å²) in [5.41, 5.74) is 1.98. The fourth-order valence-electron chi connectivity index (χ4n) is 6.01. The summed E-state index contributed by atoms with van der Waals surface area (Å²) in [5, 5.41) is 0. The first-order chi connectivity index (χ1) is 19.8. The van der Waals surface area contributed by atoms with E-state index in [0.29, 0.717) is 39.0 Å². The molecule has 0 bridgehead atoms. The fraction of sp³-hybridized carbons (Fsp3) is 0.548. The van der Waals surface area contributed by atoms with Gasteiger partial charge in [-0.05, 0) is 40.8 Å². The predicted molar refractivity (Wildman–Crippen MR) is 152 cm³/mol. The van der Waals surface area contributed by atoms with E-state index in [1.165, 1.54) is 11.1 Å². The largest absolute Gasteiger partial charge is 0.454 e. The van der Waals surface area contributed by atoms with Gasteiger partial charge in [0.2, 0.25) is 25.4 Å². The second-order valence-corrected chi connectivity index (χ2v) is 12.2. The number of carbonyl (C=O) groups excluding carboxylic acids is 2. The molecule has 10 nitrogen and oxygen atoms in total. The van der Waals surface area contributed by atoms with Crippen LogP contribution in [-0.2, 0) is 22.7 Å². The molecule has 0 aromatic heterocycles. The third-order valence-corrected chi connectivity index (χ3v) is 8.40. The van der Waals surface area contributed by atoms with Crippen molar-refractivity contribution in [3.63, 3.8) is 0 Å². The molecule has 0 atom stereocenters. The number of fused-ring (bicyclic) bond motifs is 2. The minimum absolute atomic E-state index is 0.138. The smallest absolute Gasteiger partial charge is 0.231 e. The monoisotopic (exact) mass is 564 g/mol. The lowest BCUT2D eigenvalue weighted by atomic mass is 9.84. The Morgan fingerprint density at radius 3 is 1.41 bits per heavy atom. The lowest BCUT2D eigenvalue weighted by molar-refractivity contribution is -0.138. The van der Waals surface area contributed by atoms with E-state index in [0.717, 1.165) is 62.3 Å². The highest BCUT2D eigenvalue weighted by atomic mass is 16.7. The summed E-state index contributed by atoms with van der Waals surface area (Å²) < 4.78 is 21.8. The van der Waals surface area contributed by atoms with E-state index in [1.807, 2.05) is 47.9 Å². The van der Waals surface area contributed by atoms with Crippen LogP contribution in [0.4, 0.5) is 0 Å². The van der Waals surface area contributed by atoms with E-state index in [4.69, 9.17) is 18.9 Å². The minimum atomic E-state index is -0.387. The maximum Gasteiger partial charge on any atom is 0.231 e. The zero-order chi connectivity index (χ0) is 28.4. The van der Waals surface area contributed by atoms with Gasteiger partial charge in [0, 0.05) is 78.3 Å². The van der Waals surface area contributed by atoms with E-state index < -0.39 is 0 Å². The maximum atomic E-state index is 13.2. The number of benzene rings is 2. The summed E-state index contributed by atoms with van der Waals surface area (Å²) in [7, 11) is 0. The molecule has 4 heterocycles. The maximum absolute atomic E-state index is 13.2. The molecule has 0 unspecified atom stereocenters. The minimum Gasteiger partial charge on any atom is -0.454 e. The first-order valence-electron chi connectivity index (χ1n) is 14.6. The van der Waals surface area contributed by atoms with E-state index in [9.17, 15) is 9.59 Å². The highest BCUT2D eigenvalue weighted by Crippen LogP contribution is 2.34. The van der Waals surface area contributed by atoms with Gasteiger partial charge in [-0.3, -0.25) is 19.4 Å². The van der Waals surface area contributed by atoms with Crippen molar-refractivity contribution in [2.45, 2.75) is 39.8 Å². The summed E-state index contributed by atoms with van der Waals surface area (Å²) in [6.45, 7) is 12.4. The van der Waals surface area contributed by atoms with Crippen LogP contribution in [0.15, 0.2) is 36.4 Å². The topological polar surface area (TPSA) is 84.0 Å². The Bertz CT molecular complexity index is 1170. The lowest BCUT2D eigenvalue weighted by Gasteiger charge is -2.38. The van der Waals surface area contributed by atoms with Crippen molar-refractivity contribution in [2.24, 2.45) is 5.41 Å². The molecule has 2 aromatic carbocycles. The predicted octanol–water partition coefficient (Wildman–Crippen LogP) is 2.94. The van der Waals surface area contributed by atoms with Gasteiger partial charge in [0.1, 0.15) is 0 Å². The first-order valence-corrected chi connectivity index (χ1v) is 14.6. The number of amides is 2. The molecule has 220 valence electrons. The van der Waals surface area contributed by atoms with Crippen LogP contribution in [0, 0.1) is 5.41 Å². The van der Waals surface area contributed by atoms with Gasteiger partial charge < -0.3 is 28.7 Å². The van der Waals surface area contributed by atoms with Gasteiger partial charge >= 0.3 is 0 Å². The number of hydrogen-bond acceptors (Lipinski definition) is 8. The van der Waals surface area contributed by atoms with Gasteiger partial charge in [-0.25, -0.2) is 0 Å². The second-order valence-electron chi connectivity index (χ2n) is 12.2. The average Bonchev–Trinajstić information content (AvgIpc) is 3.62. The third-order valence-electron chi connectivity index (χ3n) is 8.40. The van der Waals surface area contributed by atoms with Crippen LogP contribution in [0.3, 0.4) is 0 Å². The molecule has 0 N–H and O–H groups in total. The molecule has 0 spiro atoms. The van der Waals surface area contributed by atoms with E-state index in [1.54, 1.807) is 0 Å². The normalized spacial score (nSPS) is 19.1. The Kier molecular flexibility index (Phi) is 7.94. The van der Waals surface area contributed by atoms with Crippen molar-refractivity contribution in [3.8, 4) is 23.0 Å². The van der Waals surface area contributed by atoms with Crippen LogP contribution in [0.2, 0.25) is 0 Å². The summed E-state index contributed by atoms with van der Waals surface area (Å²) in [6, 6.07) is 12.1. The van der Waals surface area contributed by atoms with Gasteiger partial charge in [0.15, 0.2) is 23.0 Å². The highest BCUT2D eigenvalue weighted by molar-refractivity contribution is 5.80. The zero-order valence-corrected chi connectivity index (χ0v) is 24.1. The van der Waals surface area contributed by atoms with Crippen LogP contribution in [0.5, 0.6) is 23.0 Å². The molecular formula is C31H40N4O6. The summed E-state index contributed by atoms with van der Waals surface area (Å²) in [6.07, 6.45) is 0.760. The molecule has 4 aliphatic heterocycles. The van der Waals surface area contributed by atoms with Crippen LogP contribution in [0.25, 0.3) is 0 Å². The van der Waals surface area contributed by atoms with Crippen LogP contribution < -0.4 is 18.9 Å². The highest BCUT2D eigenvalue weighted by Gasteiger charge is 2.32. The van der Waals surface area contributed by atoms with Gasteiger partial charge in [0.05, 0.1) is 0 Å². The molecule has 2 aromatic rings. The standard InChI is InChI=1S/C31H40N4O6/c1-31(2,17-29(36)34-11-7-32(8-12-34)19-23-3-5-25-27(15-23)40-21-38-25)18-30(37)35-13-9-33(10-14-35)20-24-4-6-26-28(16-24)41-22-39-26/h3-6,15-16H,7-14,17-22H2,1-2H3. The molecule has 0 aliphatic carbocycles. The lowest BCUT2D eigenvalue weighted by Crippen LogP contribution is -2.50. The number of hydrogen-bond donors (Lipinski definition) is 0. The van der Waals surface area contributed by atoms with E-state index >= 15 is 0 Å². The molecule has 2 fully saturated rings. The number of rotatable bonds is 8. The van der Waals surface area contributed by atoms with Crippen molar-refractivity contribution < 1.29 is 28.5 Å². The van der Waals surface area contributed by atoms with Gasteiger partial charge in [0.25, 0.3) is 0 Å². The first kappa shape index (κ1) is 27.7. The van der Waals surface area contributed by atoms with Crippen LogP contribution in [-0.4, -0.2) is 97.4 Å². The Balaban J connectivity index is 0.916. The Morgan fingerprint density at radius 1 is 0.610 bits per heavy atom. The molecule has 2 amide bonds. The third kappa shape index (κ3) is 6.70. The summed E-state index contributed by atoms with van der Waals surface area (Å²) in [5.74, 6) is 3.47. The number of carbonyl (C=O) groups is 2. The zero-order valence-electron chi connectivity index (χ0n) is 24.1. The van der Waals surface area contributed by atoms with Crippen molar-refractivity contribution in [3.05, 3.63) is 47.5 Å². The fourth-order valence-corrected chi connectivity index (χ4v) is 6.01. The molecule has 0 radical (unpaired) electrons. The van der Waals surface area contributed by atoms with Crippen molar-refractivity contribution in [2.75, 3.05) is 65.9 Å². The SMILES string of the molecule is CC(C)(CC(=O)N1CCN(Cc2ccc3c(c2)OCO3)CC1)CC(=O)N1CCN(Cc2ccc3c(c2)OCO3)CC1. The number of nitrogens with zero attached hydrogens (tertiary/aromatic N) is 4. The van der Waals surface area contributed by atoms with Crippen LogP contribution in [0.1, 0.15) is 37.8 Å². The van der Waals surface area contributed by atoms with Gasteiger partial charge in [-0.15, -0.1) is 0 Å². The van der Waals surface area contributed by atoms with Crippen LogP contribution >= 0.6 is 0 Å².